The zero-order valence-electron chi connectivity index (χ0n) is 10.3. The first-order valence-corrected chi connectivity index (χ1v) is 6.19. The van der Waals surface area contributed by atoms with Crippen LogP contribution in [-0.4, -0.2) is 33.2 Å². The minimum atomic E-state index is -0.418. The predicted octanol–water partition coefficient (Wildman–Crippen LogP) is 1.77. The van der Waals surface area contributed by atoms with Crippen LogP contribution in [0, 0.1) is 11.8 Å². The minimum Gasteiger partial charge on any atom is -0.277 e. The van der Waals surface area contributed by atoms with E-state index in [0.29, 0.717) is 18.9 Å². The third kappa shape index (κ3) is 2.51. The predicted molar refractivity (Wildman–Crippen MR) is 66.0 cm³/mol. The van der Waals surface area contributed by atoms with Crippen LogP contribution >= 0.6 is 11.6 Å². The summed E-state index contributed by atoms with van der Waals surface area (Å²) in [6.07, 6.45) is 3.09. The molecular weight excluding hydrogens is 254 g/mol. The van der Waals surface area contributed by atoms with Crippen LogP contribution in [-0.2, 0) is 4.79 Å². The molecule has 1 saturated heterocycles. The Morgan fingerprint density at radius 1 is 1.50 bits per heavy atom. The topological polar surface area (TPSA) is 63.2 Å². The van der Waals surface area contributed by atoms with Crippen LogP contribution in [0.15, 0.2) is 12.4 Å². The second-order valence-electron chi connectivity index (χ2n) is 4.74. The molecule has 1 aliphatic heterocycles. The van der Waals surface area contributed by atoms with Crippen LogP contribution in [0.25, 0.3) is 0 Å². The number of likely N-dealkylation sites (tertiary alicyclic amines) is 1. The van der Waals surface area contributed by atoms with Gasteiger partial charge in [-0.3, -0.25) is 19.5 Å². The van der Waals surface area contributed by atoms with Gasteiger partial charge in [-0.2, -0.15) is 0 Å². The average Bonchev–Trinajstić information content (AvgIpc) is 2.70. The Kier molecular flexibility index (Phi) is 3.61. The van der Waals surface area contributed by atoms with Gasteiger partial charge in [-0.25, -0.2) is 4.98 Å². The largest absolute Gasteiger partial charge is 0.280 e. The molecule has 1 aliphatic rings. The molecule has 0 aliphatic carbocycles. The number of amides is 2. The van der Waals surface area contributed by atoms with Gasteiger partial charge >= 0.3 is 0 Å². The first kappa shape index (κ1) is 13.0. The van der Waals surface area contributed by atoms with Gasteiger partial charge in [0.05, 0.1) is 12.4 Å². The Morgan fingerprint density at radius 2 is 2.22 bits per heavy atom. The highest BCUT2D eigenvalue weighted by atomic mass is 35.5. The molecule has 96 valence electrons. The van der Waals surface area contributed by atoms with Gasteiger partial charge in [-0.1, -0.05) is 25.4 Å². The van der Waals surface area contributed by atoms with E-state index in [1.165, 1.54) is 17.3 Å². The van der Waals surface area contributed by atoms with Crippen molar-refractivity contribution in [2.75, 3.05) is 6.54 Å². The molecule has 6 heteroatoms. The van der Waals surface area contributed by atoms with Crippen molar-refractivity contribution in [3.8, 4) is 0 Å². The highest BCUT2D eigenvalue weighted by molar-refractivity contribution is 6.29. The molecule has 2 rings (SSSR count). The van der Waals surface area contributed by atoms with E-state index in [9.17, 15) is 9.59 Å². The van der Waals surface area contributed by atoms with Crippen LogP contribution < -0.4 is 0 Å². The lowest BCUT2D eigenvalue weighted by atomic mass is 9.95. The number of carbonyl (C=O) groups excluding carboxylic acids is 2. The summed E-state index contributed by atoms with van der Waals surface area (Å²) in [4.78, 5) is 32.9. The Morgan fingerprint density at radius 3 is 2.78 bits per heavy atom. The van der Waals surface area contributed by atoms with Crippen molar-refractivity contribution in [2.45, 2.75) is 20.3 Å². The average molecular weight is 268 g/mol. The second kappa shape index (κ2) is 5.02. The Labute approximate surface area is 110 Å². The van der Waals surface area contributed by atoms with E-state index >= 15 is 0 Å². The fourth-order valence-corrected chi connectivity index (χ4v) is 2.11. The summed E-state index contributed by atoms with van der Waals surface area (Å²) in [7, 11) is 0. The summed E-state index contributed by atoms with van der Waals surface area (Å²) in [5.41, 5.74) is 0.111. The van der Waals surface area contributed by atoms with E-state index in [1.54, 1.807) is 0 Å². The standard InChI is InChI=1S/C12H14ClN3O2/c1-7(2)8-3-11(17)16(6-8)12(18)9-4-14-5-10(13)15-9/h4-5,7-8H,3,6H2,1-2H3. The summed E-state index contributed by atoms with van der Waals surface area (Å²) in [6.45, 7) is 4.54. The van der Waals surface area contributed by atoms with Crippen LogP contribution in [0.5, 0.6) is 0 Å². The maximum atomic E-state index is 12.1. The number of hydrogen-bond acceptors (Lipinski definition) is 4. The van der Waals surface area contributed by atoms with Crippen molar-refractivity contribution in [3.63, 3.8) is 0 Å². The molecule has 0 saturated carbocycles. The van der Waals surface area contributed by atoms with Crippen molar-refractivity contribution in [1.82, 2.24) is 14.9 Å². The summed E-state index contributed by atoms with van der Waals surface area (Å²) in [5.74, 6) is 0.0180. The fraction of sp³-hybridized carbons (Fsp3) is 0.500. The molecule has 0 radical (unpaired) electrons. The van der Waals surface area contributed by atoms with Crippen molar-refractivity contribution in [3.05, 3.63) is 23.2 Å². The zero-order valence-corrected chi connectivity index (χ0v) is 11.0. The lowest BCUT2D eigenvalue weighted by molar-refractivity contribution is -0.125. The van der Waals surface area contributed by atoms with E-state index in [1.807, 2.05) is 13.8 Å². The lowest BCUT2D eigenvalue weighted by Crippen LogP contribution is -2.33. The van der Waals surface area contributed by atoms with Gasteiger partial charge in [0.25, 0.3) is 5.91 Å². The van der Waals surface area contributed by atoms with Crippen molar-refractivity contribution < 1.29 is 9.59 Å². The Bertz CT molecular complexity index is 490. The van der Waals surface area contributed by atoms with Crippen molar-refractivity contribution >= 4 is 23.4 Å². The number of aromatic nitrogens is 2. The zero-order chi connectivity index (χ0) is 13.3. The van der Waals surface area contributed by atoms with E-state index < -0.39 is 5.91 Å². The summed E-state index contributed by atoms with van der Waals surface area (Å²) in [5, 5.41) is 0.146. The summed E-state index contributed by atoms with van der Waals surface area (Å²) in [6, 6.07) is 0. The fourth-order valence-electron chi connectivity index (χ4n) is 1.96. The molecule has 1 fully saturated rings. The van der Waals surface area contributed by atoms with E-state index in [-0.39, 0.29) is 22.7 Å². The first-order chi connectivity index (χ1) is 8.49. The SMILES string of the molecule is CC(C)C1CC(=O)N(C(=O)c2cncc(Cl)n2)C1. The number of nitrogens with zero attached hydrogens (tertiary/aromatic N) is 3. The highest BCUT2D eigenvalue weighted by Gasteiger charge is 2.36. The highest BCUT2D eigenvalue weighted by Crippen LogP contribution is 2.25. The van der Waals surface area contributed by atoms with Gasteiger partial charge in [0.1, 0.15) is 10.8 Å². The van der Waals surface area contributed by atoms with Gasteiger partial charge < -0.3 is 0 Å². The van der Waals surface area contributed by atoms with Gasteiger partial charge in [-0.15, -0.1) is 0 Å². The Hall–Kier alpha value is -1.49. The lowest BCUT2D eigenvalue weighted by Gasteiger charge is -2.15. The summed E-state index contributed by atoms with van der Waals surface area (Å²) >= 11 is 5.68. The monoisotopic (exact) mass is 267 g/mol. The normalized spacial score (nSPS) is 19.7. The van der Waals surface area contributed by atoms with E-state index in [0.717, 1.165) is 0 Å². The van der Waals surface area contributed by atoms with Gasteiger partial charge in [0, 0.05) is 13.0 Å². The first-order valence-electron chi connectivity index (χ1n) is 5.81. The van der Waals surface area contributed by atoms with Crippen LogP contribution in [0.1, 0.15) is 30.8 Å². The smallest absolute Gasteiger partial charge is 0.277 e. The Balaban J connectivity index is 2.17. The third-order valence-corrected chi connectivity index (χ3v) is 3.35. The molecule has 0 aromatic carbocycles. The van der Waals surface area contributed by atoms with Crippen LogP contribution in [0.3, 0.4) is 0 Å². The molecule has 1 unspecified atom stereocenters. The molecule has 1 aromatic rings. The molecule has 5 nitrogen and oxygen atoms in total. The van der Waals surface area contributed by atoms with Crippen molar-refractivity contribution in [2.24, 2.45) is 11.8 Å². The quantitative estimate of drug-likeness (QED) is 0.766. The third-order valence-electron chi connectivity index (χ3n) is 3.17. The van der Waals surface area contributed by atoms with E-state index in [2.05, 4.69) is 9.97 Å². The second-order valence-corrected chi connectivity index (χ2v) is 5.13. The van der Waals surface area contributed by atoms with Gasteiger partial charge in [0.15, 0.2) is 0 Å². The maximum Gasteiger partial charge on any atom is 0.280 e. The molecule has 18 heavy (non-hydrogen) atoms. The molecule has 0 spiro atoms. The number of halogens is 1. The minimum absolute atomic E-state index is 0.111. The number of carbonyl (C=O) groups is 2. The molecule has 2 heterocycles. The van der Waals surface area contributed by atoms with Crippen LogP contribution in [0.2, 0.25) is 5.15 Å². The number of hydrogen-bond donors (Lipinski definition) is 0. The molecule has 0 N–H and O–H groups in total. The number of imide groups is 1. The molecule has 2 amide bonds. The van der Waals surface area contributed by atoms with Crippen molar-refractivity contribution in [1.29, 1.82) is 0 Å². The molecule has 1 aromatic heterocycles. The van der Waals surface area contributed by atoms with Crippen LogP contribution in [0.4, 0.5) is 0 Å². The maximum absolute atomic E-state index is 12.1. The molecule has 1 atom stereocenters. The van der Waals surface area contributed by atoms with E-state index in [4.69, 9.17) is 11.6 Å². The number of rotatable bonds is 2. The summed E-state index contributed by atoms with van der Waals surface area (Å²) < 4.78 is 0. The van der Waals surface area contributed by atoms with Gasteiger partial charge in [0.2, 0.25) is 5.91 Å². The van der Waals surface area contributed by atoms with Gasteiger partial charge in [-0.05, 0) is 11.8 Å². The molecular formula is C12H14ClN3O2. The molecule has 0 bridgehead atoms.